The molecule has 4 nitrogen and oxygen atoms in total. The SMILES string of the molecule is CN=C(NCCCSc1ccccc1)NCc1nc(C(C)C)cs1.I. The largest absolute Gasteiger partial charge is 0.356 e. The molecule has 1 aromatic carbocycles. The van der Waals surface area contributed by atoms with Gasteiger partial charge < -0.3 is 10.6 Å². The summed E-state index contributed by atoms with van der Waals surface area (Å²) in [6.07, 6.45) is 1.09. The first-order valence-corrected chi connectivity index (χ1v) is 10.1. The maximum Gasteiger partial charge on any atom is 0.191 e. The van der Waals surface area contributed by atoms with Crippen molar-refractivity contribution in [2.24, 2.45) is 4.99 Å². The zero-order valence-electron chi connectivity index (χ0n) is 15.0. The van der Waals surface area contributed by atoms with Crippen molar-refractivity contribution >= 4 is 53.0 Å². The Labute approximate surface area is 176 Å². The van der Waals surface area contributed by atoms with Crippen molar-refractivity contribution < 1.29 is 0 Å². The molecular weight excluding hydrogens is 463 g/mol. The number of nitrogens with one attached hydrogen (secondary N) is 2. The maximum absolute atomic E-state index is 4.63. The Morgan fingerprint density at radius 1 is 1.24 bits per heavy atom. The summed E-state index contributed by atoms with van der Waals surface area (Å²) in [6, 6.07) is 10.5. The molecule has 2 rings (SSSR count). The number of thioether (sulfide) groups is 1. The first-order chi connectivity index (χ1) is 11.7. The van der Waals surface area contributed by atoms with Gasteiger partial charge in [-0.2, -0.15) is 0 Å². The molecule has 2 aromatic rings. The van der Waals surface area contributed by atoms with E-state index in [0.29, 0.717) is 5.92 Å². The van der Waals surface area contributed by atoms with Gasteiger partial charge in [0, 0.05) is 23.9 Å². The number of nitrogens with zero attached hydrogens (tertiary/aromatic N) is 2. The molecule has 0 amide bonds. The molecule has 138 valence electrons. The molecule has 0 aliphatic carbocycles. The lowest BCUT2D eigenvalue weighted by Gasteiger charge is -2.10. The van der Waals surface area contributed by atoms with E-state index in [0.717, 1.165) is 41.9 Å². The van der Waals surface area contributed by atoms with Crippen molar-refractivity contribution in [3.8, 4) is 0 Å². The third-order valence-electron chi connectivity index (χ3n) is 3.42. The van der Waals surface area contributed by atoms with E-state index >= 15 is 0 Å². The first-order valence-electron chi connectivity index (χ1n) is 8.25. The van der Waals surface area contributed by atoms with Crippen LogP contribution in [0.5, 0.6) is 0 Å². The van der Waals surface area contributed by atoms with Gasteiger partial charge in [-0.1, -0.05) is 32.0 Å². The van der Waals surface area contributed by atoms with Crippen molar-refractivity contribution in [1.29, 1.82) is 0 Å². The van der Waals surface area contributed by atoms with Crippen LogP contribution in [0.2, 0.25) is 0 Å². The molecule has 0 spiro atoms. The van der Waals surface area contributed by atoms with Crippen LogP contribution in [0.4, 0.5) is 0 Å². The van der Waals surface area contributed by atoms with E-state index in [4.69, 9.17) is 0 Å². The molecule has 0 aliphatic rings. The molecule has 0 unspecified atom stereocenters. The monoisotopic (exact) mass is 490 g/mol. The fraction of sp³-hybridized carbons (Fsp3) is 0.444. The van der Waals surface area contributed by atoms with Crippen molar-refractivity contribution in [1.82, 2.24) is 15.6 Å². The Kier molecular flexibility index (Phi) is 11.2. The lowest BCUT2D eigenvalue weighted by atomic mass is 10.2. The summed E-state index contributed by atoms with van der Waals surface area (Å²) in [7, 11) is 1.80. The Morgan fingerprint density at radius 3 is 2.64 bits per heavy atom. The molecule has 0 aliphatic heterocycles. The predicted molar refractivity (Wildman–Crippen MR) is 122 cm³/mol. The van der Waals surface area contributed by atoms with Gasteiger partial charge in [-0.3, -0.25) is 4.99 Å². The van der Waals surface area contributed by atoms with Gasteiger partial charge in [-0.25, -0.2) is 4.98 Å². The summed E-state index contributed by atoms with van der Waals surface area (Å²) >= 11 is 3.59. The Balaban J connectivity index is 0.00000312. The van der Waals surface area contributed by atoms with Gasteiger partial charge >= 0.3 is 0 Å². The third-order valence-corrected chi connectivity index (χ3v) is 5.38. The van der Waals surface area contributed by atoms with Crippen LogP contribution in [0, 0.1) is 0 Å². The van der Waals surface area contributed by atoms with E-state index in [1.54, 1.807) is 18.4 Å². The average Bonchev–Trinajstić information content (AvgIpc) is 3.07. The van der Waals surface area contributed by atoms with Gasteiger partial charge in [0.15, 0.2) is 5.96 Å². The van der Waals surface area contributed by atoms with Gasteiger partial charge in [-0.05, 0) is 30.2 Å². The average molecular weight is 490 g/mol. The highest BCUT2D eigenvalue weighted by molar-refractivity contribution is 14.0. The van der Waals surface area contributed by atoms with Gasteiger partial charge in [0.05, 0.1) is 12.2 Å². The van der Waals surface area contributed by atoms with E-state index in [9.17, 15) is 0 Å². The quantitative estimate of drug-likeness (QED) is 0.185. The molecular formula is C18H27IN4S2. The number of halogens is 1. The number of aliphatic imine (C=N–C) groups is 1. The van der Waals surface area contributed by atoms with Gasteiger partial charge in [0.25, 0.3) is 0 Å². The van der Waals surface area contributed by atoms with Crippen LogP contribution in [-0.2, 0) is 6.54 Å². The summed E-state index contributed by atoms with van der Waals surface area (Å²) in [5.41, 5.74) is 1.16. The topological polar surface area (TPSA) is 49.3 Å². The summed E-state index contributed by atoms with van der Waals surface area (Å²) in [5.74, 6) is 2.41. The minimum Gasteiger partial charge on any atom is -0.356 e. The number of thiazole rings is 1. The number of rotatable bonds is 8. The first kappa shape index (κ1) is 22.2. The van der Waals surface area contributed by atoms with E-state index in [1.165, 1.54) is 4.90 Å². The fourth-order valence-corrected chi connectivity index (χ4v) is 3.81. The summed E-state index contributed by atoms with van der Waals surface area (Å²) in [5, 5.41) is 9.92. The number of benzene rings is 1. The highest BCUT2D eigenvalue weighted by atomic mass is 127. The van der Waals surface area contributed by atoms with Crippen LogP contribution < -0.4 is 10.6 Å². The minimum atomic E-state index is 0. The predicted octanol–water partition coefficient (Wildman–Crippen LogP) is 4.73. The molecule has 25 heavy (non-hydrogen) atoms. The normalized spacial score (nSPS) is 11.3. The molecule has 0 saturated heterocycles. The molecule has 0 saturated carbocycles. The zero-order chi connectivity index (χ0) is 17.2. The summed E-state index contributed by atoms with van der Waals surface area (Å²) in [4.78, 5) is 10.2. The van der Waals surface area contributed by atoms with Crippen LogP contribution in [0.25, 0.3) is 0 Å². The lowest BCUT2D eigenvalue weighted by molar-refractivity contribution is 0.772. The zero-order valence-corrected chi connectivity index (χ0v) is 19.0. The molecule has 0 fully saturated rings. The van der Waals surface area contributed by atoms with E-state index in [2.05, 4.69) is 64.1 Å². The molecule has 0 atom stereocenters. The second kappa shape index (κ2) is 12.5. The van der Waals surface area contributed by atoms with E-state index in [-0.39, 0.29) is 24.0 Å². The van der Waals surface area contributed by atoms with Gasteiger partial charge in [0.2, 0.25) is 0 Å². The van der Waals surface area contributed by atoms with Crippen LogP contribution in [0.3, 0.4) is 0 Å². The number of hydrogen-bond acceptors (Lipinski definition) is 4. The molecule has 0 bridgehead atoms. The van der Waals surface area contributed by atoms with E-state index < -0.39 is 0 Å². The summed E-state index contributed by atoms with van der Waals surface area (Å²) in [6.45, 7) is 5.96. The second-order valence-electron chi connectivity index (χ2n) is 5.69. The molecule has 1 aromatic heterocycles. The van der Waals surface area contributed by atoms with Crippen LogP contribution in [0.1, 0.15) is 36.9 Å². The second-order valence-corrected chi connectivity index (χ2v) is 7.80. The molecule has 1 heterocycles. The van der Waals surface area contributed by atoms with Crippen molar-refractivity contribution in [3.05, 3.63) is 46.4 Å². The van der Waals surface area contributed by atoms with Crippen LogP contribution in [0.15, 0.2) is 45.6 Å². The van der Waals surface area contributed by atoms with Gasteiger partial charge in [-0.15, -0.1) is 47.1 Å². The smallest absolute Gasteiger partial charge is 0.191 e. The van der Waals surface area contributed by atoms with Crippen molar-refractivity contribution in [2.75, 3.05) is 19.3 Å². The molecule has 7 heteroatoms. The fourth-order valence-electron chi connectivity index (χ4n) is 2.04. The highest BCUT2D eigenvalue weighted by Gasteiger charge is 2.06. The van der Waals surface area contributed by atoms with E-state index in [1.807, 2.05) is 17.8 Å². The Hall–Kier alpha value is -0.800. The van der Waals surface area contributed by atoms with Crippen LogP contribution >= 0.6 is 47.1 Å². The summed E-state index contributed by atoms with van der Waals surface area (Å²) < 4.78 is 0. The van der Waals surface area contributed by atoms with Crippen molar-refractivity contribution in [3.63, 3.8) is 0 Å². The number of hydrogen-bond donors (Lipinski definition) is 2. The standard InChI is InChI=1S/C18H26N4S2.HI/c1-14(2)16-13-24-17(22-16)12-21-18(19-3)20-10-7-11-23-15-8-5-4-6-9-15;/h4-6,8-9,13-14H,7,10-12H2,1-3H3,(H2,19,20,21);1H. The molecule has 0 radical (unpaired) electrons. The van der Waals surface area contributed by atoms with Crippen LogP contribution in [-0.4, -0.2) is 30.3 Å². The third kappa shape index (κ3) is 8.42. The van der Waals surface area contributed by atoms with Gasteiger partial charge in [0.1, 0.15) is 5.01 Å². The number of aromatic nitrogens is 1. The minimum absolute atomic E-state index is 0. The highest BCUT2D eigenvalue weighted by Crippen LogP contribution is 2.18. The Bertz CT molecular complexity index is 629. The maximum atomic E-state index is 4.63. The van der Waals surface area contributed by atoms with Crippen molar-refractivity contribution in [2.45, 2.75) is 37.6 Å². The number of guanidine groups is 1. The molecule has 2 N–H and O–H groups in total. The lowest BCUT2D eigenvalue weighted by Crippen LogP contribution is -2.37. The Morgan fingerprint density at radius 2 is 2.00 bits per heavy atom.